The molecule has 170 valence electrons. The summed E-state index contributed by atoms with van der Waals surface area (Å²) in [6.45, 7) is 13.7. The molecule has 0 bridgehead atoms. The number of likely N-dealkylation sites (tertiary alicyclic amines) is 1. The van der Waals surface area contributed by atoms with E-state index < -0.39 is 5.60 Å². The molecule has 0 aliphatic carbocycles. The summed E-state index contributed by atoms with van der Waals surface area (Å²) in [5, 5.41) is 3.89. The van der Waals surface area contributed by atoms with E-state index in [4.69, 9.17) is 9.26 Å². The zero-order valence-electron chi connectivity index (χ0n) is 19.4. The summed E-state index contributed by atoms with van der Waals surface area (Å²) < 4.78 is 10.8. The Morgan fingerprint density at radius 3 is 2.67 bits per heavy atom. The van der Waals surface area contributed by atoms with Crippen molar-refractivity contribution in [1.82, 2.24) is 19.9 Å². The van der Waals surface area contributed by atoms with Gasteiger partial charge in [0.1, 0.15) is 5.60 Å². The van der Waals surface area contributed by atoms with E-state index in [-0.39, 0.29) is 24.0 Å². The fourth-order valence-corrected chi connectivity index (χ4v) is 3.62. The van der Waals surface area contributed by atoms with Crippen LogP contribution in [-0.2, 0) is 22.4 Å². The Balaban J connectivity index is 1.83. The maximum atomic E-state index is 12.7. The Kier molecular flexibility index (Phi) is 8.67. The summed E-state index contributed by atoms with van der Waals surface area (Å²) in [6.07, 6.45) is 4.21. The Morgan fingerprint density at radius 2 is 2.07 bits per heavy atom. The van der Waals surface area contributed by atoms with Crippen molar-refractivity contribution in [3.05, 3.63) is 11.7 Å². The van der Waals surface area contributed by atoms with Gasteiger partial charge < -0.3 is 19.1 Å². The molecule has 0 saturated carbocycles. The second-order valence-electron chi connectivity index (χ2n) is 9.39. The molecule has 0 spiro atoms. The van der Waals surface area contributed by atoms with Gasteiger partial charge >= 0.3 is 6.09 Å². The van der Waals surface area contributed by atoms with Crippen LogP contribution in [0.4, 0.5) is 4.79 Å². The lowest BCUT2D eigenvalue weighted by Gasteiger charge is -2.37. The van der Waals surface area contributed by atoms with Gasteiger partial charge in [-0.2, -0.15) is 4.98 Å². The van der Waals surface area contributed by atoms with Gasteiger partial charge in [0.15, 0.2) is 5.82 Å². The molecular formula is C22H38N4O4. The zero-order chi connectivity index (χ0) is 22.3. The van der Waals surface area contributed by atoms with Crippen molar-refractivity contribution in [2.45, 2.75) is 91.7 Å². The van der Waals surface area contributed by atoms with Crippen LogP contribution in [0.1, 0.15) is 78.9 Å². The SMILES string of the molecule is CCc1noc(CCCC(=O)N2CCCC(CN(C(=O)OC(C)(C)C)C(C)C)C2)n1. The minimum absolute atomic E-state index is 0.0494. The quantitative estimate of drug-likeness (QED) is 0.632. The van der Waals surface area contributed by atoms with E-state index >= 15 is 0 Å². The zero-order valence-corrected chi connectivity index (χ0v) is 19.4. The van der Waals surface area contributed by atoms with Gasteiger partial charge in [-0.15, -0.1) is 0 Å². The molecule has 1 aliphatic rings. The fourth-order valence-electron chi connectivity index (χ4n) is 3.62. The van der Waals surface area contributed by atoms with Crippen LogP contribution in [-0.4, -0.2) is 63.2 Å². The third-order valence-corrected chi connectivity index (χ3v) is 5.19. The fraction of sp³-hybridized carbons (Fsp3) is 0.818. The number of ether oxygens (including phenoxy) is 1. The third-order valence-electron chi connectivity index (χ3n) is 5.19. The minimum atomic E-state index is -0.519. The van der Waals surface area contributed by atoms with Crippen molar-refractivity contribution in [3.63, 3.8) is 0 Å². The maximum absolute atomic E-state index is 12.7. The van der Waals surface area contributed by atoms with Crippen molar-refractivity contribution in [2.24, 2.45) is 5.92 Å². The van der Waals surface area contributed by atoms with Crippen LogP contribution in [0.15, 0.2) is 4.52 Å². The molecular weight excluding hydrogens is 384 g/mol. The van der Waals surface area contributed by atoms with Crippen LogP contribution in [0.3, 0.4) is 0 Å². The van der Waals surface area contributed by atoms with Crippen LogP contribution in [0, 0.1) is 5.92 Å². The molecule has 1 saturated heterocycles. The molecule has 0 N–H and O–H groups in total. The first-order chi connectivity index (χ1) is 14.1. The van der Waals surface area contributed by atoms with E-state index in [1.165, 1.54) is 0 Å². The normalized spacial score (nSPS) is 17.3. The number of rotatable bonds is 8. The highest BCUT2D eigenvalue weighted by molar-refractivity contribution is 5.76. The smallest absolute Gasteiger partial charge is 0.410 e. The lowest BCUT2D eigenvalue weighted by Crippen LogP contribution is -2.48. The Hall–Kier alpha value is -2.12. The van der Waals surface area contributed by atoms with Crippen LogP contribution in [0.25, 0.3) is 0 Å². The van der Waals surface area contributed by atoms with Gasteiger partial charge in [0.2, 0.25) is 11.8 Å². The highest BCUT2D eigenvalue weighted by atomic mass is 16.6. The van der Waals surface area contributed by atoms with Gasteiger partial charge in [0.05, 0.1) is 0 Å². The molecule has 1 unspecified atom stereocenters. The monoisotopic (exact) mass is 422 g/mol. The van der Waals surface area contributed by atoms with Crippen LogP contribution in [0.5, 0.6) is 0 Å². The molecule has 0 radical (unpaired) electrons. The molecule has 2 amide bonds. The highest BCUT2D eigenvalue weighted by Gasteiger charge is 2.30. The molecule has 8 heteroatoms. The number of hydrogen-bond donors (Lipinski definition) is 0. The van der Waals surface area contributed by atoms with E-state index in [0.717, 1.165) is 25.8 Å². The lowest BCUT2D eigenvalue weighted by atomic mass is 9.96. The van der Waals surface area contributed by atoms with Crippen LogP contribution < -0.4 is 0 Å². The molecule has 1 aromatic rings. The number of aromatic nitrogens is 2. The van der Waals surface area contributed by atoms with E-state index in [0.29, 0.717) is 44.1 Å². The molecule has 1 fully saturated rings. The second-order valence-corrected chi connectivity index (χ2v) is 9.39. The van der Waals surface area contributed by atoms with Crippen molar-refractivity contribution >= 4 is 12.0 Å². The summed E-state index contributed by atoms with van der Waals surface area (Å²) in [5.41, 5.74) is -0.519. The standard InChI is InChI=1S/C22H38N4O4/c1-7-18-23-19(30-24-18)11-8-12-20(27)25-13-9-10-17(14-25)15-26(16(2)3)21(28)29-22(4,5)6/h16-17H,7-15H2,1-6H3. The molecule has 0 aromatic carbocycles. The Labute approximate surface area is 180 Å². The van der Waals surface area contributed by atoms with Gasteiger partial charge in [-0.25, -0.2) is 4.79 Å². The van der Waals surface area contributed by atoms with E-state index in [2.05, 4.69) is 10.1 Å². The Bertz CT molecular complexity index is 696. The number of amides is 2. The first kappa shape index (κ1) is 24.2. The summed E-state index contributed by atoms with van der Waals surface area (Å²) >= 11 is 0. The molecule has 1 atom stereocenters. The molecule has 30 heavy (non-hydrogen) atoms. The topological polar surface area (TPSA) is 88.8 Å². The van der Waals surface area contributed by atoms with Gasteiger partial charge in [0.25, 0.3) is 0 Å². The van der Waals surface area contributed by atoms with Crippen molar-refractivity contribution in [2.75, 3.05) is 19.6 Å². The minimum Gasteiger partial charge on any atom is -0.444 e. The molecule has 8 nitrogen and oxygen atoms in total. The van der Waals surface area contributed by atoms with Gasteiger partial charge in [-0.05, 0) is 59.8 Å². The van der Waals surface area contributed by atoms with Gasteiger partial charge in [0, 0.05) is 44.9 Å². The van der Waals surface area contributed by atoms with Crippen molar-refractivity contribution in [1.29, 1.82) is 0 Å². The molecule has 1 aliphatic heterocycles. The van der Waals surface area contributed by atoms with E-state index in [1.807, 2.05) is 46.4 Å². The molecule has 2 heterocycles. The summed E-state index contributed by atoms with van der Waals surface area (Å²) in [7, 11) is 0. The number of hydrogen-bond acceptors (Lipinski definition) is 6. The van der Waals surface area contributed by atoms with E-state index in [9.17, 15) is 9.59 Å². The van der Waals surface area contributed by atoms with Gasteiger partial charge in [-0.3, -0.25) is 4.79 Å². The predicted molar refractivity (Wildman–Crippen MR) is 114 cm³/mol. The largest absolute Gasteiger partial charge is 0.444 e. The third kappa shape index (κ3) is 7.61. The number of aryl methyl sites for hydroxylation is 2. The lowest BCUT2D eigenvalue weighted by molar-refractivity contribution is -0.133. The number of carbonyl (C=O) groups excluding carboxylic acids is 2. The number of nitrogens with zero attached hydrogens (tertiary/aromatic N) is 4. The summed E-state index contributed by atoms with van der Waals surface area (Å²) in [6, 6.07) is 0.0494. The highest BCUT2D eigenvalue weighted by Crippen LogP contribution is 2.21. The summed E-state index contributed by atoms with van der Waals surface area (Å²) in [5.74, 6) is 1.72. The van der Waals surface area contributed by atoms with Crippen molar-refractivity contribution < 1.29 is 18.8 Å². The summed E-state index contributed by atoms with van der Waals surface area (Å²) in [4.78, 5) is 33.3. The predicted octanol–water partition coefficient (Wildman–Crippen LogP) is 3.84. The van der Waals surface area contributed by atoms with E-state index in [1.54, 1.807) is 4.90 Å². The van der Waals surface area contributed by atoms with Crippen LogP contribution in [0.2, 0.25) is 0 Å². The molecule has 2 rings (SSSR count). The van der Waals surface area contributed by atoms with Gasteiger partial charge in [-0.1, -0.05) is 12.1 Å². The molecule has 1 aromatic heterocycles. The first-order valence-corrected chi connectivity index (χ1v) is 11.2. The second kappa shape index (κ2) is 10.8. The number of carbonyl (C=O) groups is 2. The maximum Gasteiger partial charge on any atom is 0.410 e. The van der Waals surface area contributed by atoms with Crippen molar-refractivity contribution in [3.8, 4) is 0 Å². The first-order valence-electron chi connectivity index (χ1n) is 11.2. The van der Waals surface area contributed by atoms with Crippen LogP contribution >= 0.6 is 0 Å². The average Bonchev–Trinajstić information content (AvgIpc) is 3.12. The Morgan fingerprint density at radius 1 is 1.33 bits per heavy atom. The number of piperidine rings is 1. The average molecular weight is 423 g/mol.